The molecule has 7 heteroatoms. The van der Waals surface area contributed by atoms with Gasteiger partial charge >= 0.3 is 0 Å². The number of hydrogen-bond acceptors (Lipinski definition) is 5. The first-order chi connectivity index (χ1) is 7.53. The van der Waals surface area contributed by atoms with E-state index in [9.17, 15) is 8.42 Å². The molecule has 0 aliphatic heterocycles. The summed E-state index contributed by atoms with van der Waals surface area (Å²) >= 11 is 0. The van der Waals surface area contributed by atoms with Gasteiger partial charge in [-0.15, -0.1) is 5.10 Å². The van der Waals surface area contributed by atoms with E-state index in [1.807, 2.05) is 0 Å². The average molecular weight is 244 g/mol. The summed E-state index contributed by atoms with van der Waals surface area (Å²) in [5.41, 5.74) is 0.861. The lowest BCUT2D eigenvalue weighted by atomic mass is 10.4. The quantitative estimate of drug-likeness (QED) is 0.735. The molecule has 1 N–H and O–H groups in total. The summed E-state index contributed by atoms with van der Waals surface area (Å²) in [4.78, 5) is 0. The summed E-state index contributed by atoms with van der Waals surface area (Å²) in [6, 6.07) is 0.640. The van der Waals surface area contributed by atoms with Crippen molar-refractivity contribution in [3.63, 3.8) is 0 Å². The van der Waals surface area contributed by atoms with Crippen LogP contribution in [-0.4, -0.2) is 41.5 Å². The highest BCUT2D eigenvalue weighted by atomic mass is 32.2. The molecule has 0 saturated heterocycles. The molecule has 1 heterocycles. The topological polar surface area (TPSA) is 76.9 Å². The summed E-state index contributed by atoms with van der Waals surface area (Å²) in [6.07, 6.45) is 5.49. The van der Waals surface area contributed by atoms with Crippen LogP contribution in [-0.2, 0) is 22.9 Å². The Labute approximate surface area is 95.0 Å². The molecule has 0 atom stereocenters. The predicted molar refractivity (Wildman–Crippen MR) is 59.6 cm³/mol. The van der Waals surface area contributed by atoms with E-state index in [2.05, 4.69) is 15.6 Å². The maximum Gasteiger partial charge on any atom is 0.149 e. The van der Waals surface area contributed by atoms with E-state index >= 15 is 0 Å². The van der Waals surface area contributed by atoms with Gasteiger partial charge in [0.25, 0.3) is 0 Å². The van der Waals surface area contributed by atoms with Crippen LogP contribution < -0.4 is 5.32 Å². The molecule has 1 aliphatic carbocycles. The molecule has 0 unspecified atom stereocenters. The maximum absolute atomic E-state index is 11.0. The Morgan fingerprint density at radius 1 is 1.56 bits per heavy atom. The smallest absolute Gasteiger partial charge is 0.149 e. The number of nitrogens with zero attached hydrogens (tertiary/aromatic N) is 3. The van der Waals surface area contributed by atoms with Gasteiger partial charge in [0, 0.05) is 25.0 Å². The van der Waals surface area contributed by atoms with E-state index in [0.29, 0.717) is 19.1 Å². The number of aromatic nitrogens is 3. The monoisotopic (exact) mass is 244 g/mol. The van der Waals surface area contributed by atoms with Gasteiger partial charge in [-0.1, -0.05) is 5.21 Å². The third-order valence-electron chi connectivity index (χ3n) is 2.43. The molecule has 1 aromatic heterocycles. The molecule has 1 fully saturated rings. The van der Waals surface area contributed by atoms with Crippen molar-refractivity contribution in [2.45, 2.75) is 32.0 Å². The van der Waals surface area contributed by atoms with E-state index in [4.69, 9.17) is 0 Å². The minimum atomic E-state index is -2.93. The SMILES string of the molecule is CS(=O)(=O)CCn1cc(CNC2CC2)nn1. The van der Waals surface area contributed by atoms with E-state index in [-0.39, 0.29) is 5.75 Å². The largest absolute Gasteiger partial charge is 0.308 e. The summed E-state index contributed by atoms with van der Waals surface area (Å²) in [5.74, 6) is 0.103. The predicted octanol–water partition coefficient (Wildman–Crippen LogP) is -0.425. The number of aryl methyl sites for hydroxylation is 1. The molecule has 90 valence electrons. The van der Waals surface area contributed by atoms with E-state index in [1.165, 1.54) is 19.1 Å². The second kappa shape index (κ2) is 4.50. The Kier molecular flexibility index (Phi) is 3.25. The minimum absolute atomic E-state index is 0.103. The van der Waals surface area contributed by atoms with Crippen LogP contribution in [0.2, 0.25) is 0 Å². The number of sulfone groups is 1. The van der Waals surface area contributed by atoms with Crippen LogP contribution in [0.5, 0.6) is 0 Å². The Morgan fingerprint density at radius 2 is 2.31 bits per heavy atom. The van der Waals surface area contributed by atoms with E-state index < -0.39 is 9.84 Å². The third kappa shape index (κ3) is 3.90. The van der Waals surface area contributed by atoms with Gasteiger partial charge in [0.05, 0.1) is 18.0 Å². The van der Waals surface area contributed by atoms with Gasteiger partial charge in [0.1, 0.15) is 9.84 Å². The van der Waals surface area contributed by atoms with Gasteiger partial charge in [-0.3, -0.25) is 4.68 Å². The highest BCUT2D eigenvalue weighted by Gasteiger charge is 2.20. The summed E-state index contributed by atoms with van der Waals surface area (Å²) < 4.78 is 23.5. The molecule has 0 aromatic carbocycles. The first kappa shape index (κ1) is 11.5. The zero-order chi connectivity index (χ0) is 11.6. The zero-order valence-corrected chi connectivity index (χ0v) is 10.1. The fourth-order valence-electron chi connectivity index (χ4n) is 1.32. The Hall–Kier alpha value is -0.950. The summed E-state index contributed by atoms with van der Waals surface area (Å²) in [7, 11) is -2.93. The van der Waals surface area contributed by atoms with Gasteiger partial charge in [-0.25, -0.2) is 8.42 Å². The van der Waals surface area contributed by atoms with Crippen molar-refractivity contribution in [3.05, 3.63) is 11.9 Å². The van der Waals surface area contributed by atoms with Crippen molar-refractivity contribution in [1.29, 1.82) is 0 Å². The lowest BCUT2D eigenvalue weighted by Gasteiger charge is -1.98. The Morgan fingerprint density at radius 3 is 2.94 bits per heavy atom. The standard InChI is InChI=1S/C9H16N4O2S/c1-16(14,15)5-4-13-7-9(11-12-13)6-10-8-2-3-8/h7-8,10H,2-6H2,1H3. The second-order valence-corrected chi connectivity index (χ2v) is 6.52. The molecule has 0 bridgehead atoms. The molecular weight excluding hydrogens is 228 g/mol. The fourth-order valence-corrected chi connectivity index (χ4v) is 1.84. The van der Waals surface area contributed by atoms with Gasteiger partial charge < -0.3 is 5.32 Å². The molecule has 6 nitrogen and oxygen atoms in total. The molecule has 0 amide bonds. The van der Waals surface area contributed by atoms with Gasteiger partial charge in [0.2, 0.25) is 0 Å². The summed E-state index contributed by atoms with van der Waals surface area (Å²) in [5, 5.41) is 11.2. The molecule has 1 aromatic rings. The highest BCUT2D eigenvalue weighted by Crippen LogP contribution is 2.18. The van der Waals surface area contributed by atoms with E-state index in [1.54, 1.807) is 10.9 Å². The highest BCUT2D eigenvalue weighted by molar-refractivity contribution is 7.90. The molecule has 16 heavy (non-hydrogen) atoms. The van der Waals surface area contributed by atoms with Crippen molar-refractivity contribution >= 4 is 9.84 Å². The zero-order valence-electron chi connectivity index (χ0n) is 9.26. The minimum Gasteiger partial charge on any atom is -0.308 e. The van der Waals surface area contributed by atoms with Crippen LogP contribution >= 0.6 is 0 Å². The van der Waals surface area contributed by atoms with Crippen LogP contribution in [0.25, 0.3) is 0 Å². The number of rotatable bonds is 6. The van der Waals surface area contributed by atoms with Crippen molar-refractivity contribution in [1.82, 2.24) is 20.3 Å². The average Bonchev–Trinajstić information content (AvgIpc) is 2.91. The first-order valence-electron chi connectivity index (χ1n) is 5.33. The van der Waals surface area contributed by atoms with Crippen molar-refractivity contribution in [3.8, 4) is 0 Å². The summed E-state index contributed by atoms with van der Waals surface area (Å²) in [6.45, 7) is 1.08. The molecule has 1 saturated carbocycles. The molecule has 0 radical (unpaired) electrons. The van der Waals surface area contributed by atoms with Gasteiger partial charge in [0.15, 0.2) is 0 Å². The lowest BCUT2D eigenvalue weighted by molar-refractivity contribution is 0.579. The van der Waals surface area contributed by atoms with Crippen molar-refractivity contribution in [2.75, 3.05) is 12.0 Å². The first-order valence-corrected chi connectivity index (χ1v) is 7.39. The Bertz CT molecular complexity index is 450. The van der Waals surface area contributed by atoms with Crippen LogP contribution in [0.15, 0.2) is 6.20 Å². The molecule has 2 rings (SSSR count). The van der Waals surface area contributed by atoms with Gasteiger partial charge in [-0.2, -0.15) is 0 Å². The van der Waals surface area contributed by atoms with Crippen LogP contribution in [0.3, 0.4) is 0 Å². The molecule has 0 spiro atoms. The van der Waals surface area contributed by atoms with E-state index in [0.717, 1.165) is 5.69 Å². The van der Waals surface area contributed by atoms with Crippen molar-refractivity contribution < 1.29 is 8.42 Å². The molecule has 1 aliphatic rings. The lowest BCUT2D eigenvalue weighted by Crippen LogP contribution is -2.15. The number of hydrogen-bond donors (Lipinski definition) is 1. The van der Waals surface area contributed by atoms with Crippen LogP contribution in [0.4, 0.5) is 0 Å². The second-order valence-electron chi connectivity index (χ2n) is 4.26. The fraction of sp³-hybridized carbons (Fsp3) is 0.778. The van der Waals surface area contributed by atoms with Gasteiger partial charge in [-0.05, 0) is 12.8 Å². The third-order valence-corrected chi connectivity index (χ3v) is 3.35. The Balaban J connectivity index is 1.81. The van der Waals surface area contributed by atoms with Crippen molar-refractivity contribution in [2.24, 2.45) is 0 Å². The normalized spacial score (nSPS) is 16.6. The maximum atomic E-state index is 11.0. The number of nitrogens with one attached hydrogen (secondary N) is 1. The molecular formula is C9H16N4O2S. The van der Waals surface area contributed by atoms with Crippen LogP contribution in [0.1, 0.15) is 18.5 Å². The van der Waals surface area contributed by atoms with Crippen LogP contribution in [0, 0.1) is 0 Å².